The van der Waals surface area contributed by atoms with Crippen LogP contribution >= 0.6 is 0 Å². The van der Waals surface area contributed by atoms with Gasteiger partial charge in [0.25, 0.3) is 0 Å². The average molecular weight is 720 g/mol. The Morgan fingerprint density at radius 2 is 0.350 bits per heavy atom. The maximum absolute atomic E-state index is 11.5. The molecule has 0 aromatic carbocycles. The summed E-state index contributed by atoms with van der Waals surface area (Å²) in [6.45, 7) is 33.1. The van der Waals surface area contributed by atoms with Crippen molar-refractivity contribution in [2.24, 2.45) is 32.5 Å². The molecule has 0 amide bonds. The number of carbonyl (C=O) groups excluding carboxylic acids is 6. The smallest absolute Gasteiger partial charge is 0.145 e. The number of hydrogen-bond donors (Lipinski definition) is 0. The Balaban J connectivity index is -0.000000240. The number of ketones is 6. The second-order valence-corrected chi connectivity index (χ2v) is 16.6. The summed E-state index contributed by atoms with van der Waals surface area (Å²) in [6, 6.07) is 0. The van der Waals surface area contributed by atoms with E-state index < -0.39 is 32.5 Å². The van der Waals surface area contributed by atoms with Crippen LogP contribution in [-0.4, -0.2) is 34.7 Å². The summed E-state index contributed by atoms with van der Waals surface area (Å²) >= 11 is 0. The molecule has 0 heterocycles. The van der Waals surface area contributed by atoms with Crippen molar-refractivity contribution in [3.05, 3.63) is 0 Å². The molecule has 240 valence electrons. The molecule has 0 saturated heterocycles. The minimum atomic E-state index is -0.402. The quantitative estimate of drug-likeness (QED) is 0.260. The number of Topliss-reactive ketones (excluding diaryl/α,β-unsaturated/α-hetero) is 6. The van der Waals surface area contributed by atoms with Crippen LogP contribution in [-0.2, 0) is 28.8 Å². The van der Waals surface area contributed by atoms with Crippen LogP contribution in [0.5, 0.6) is 0 Å². The van der Waals surface area contributed by atoms with E-state index in [2.05, 4.69) is 0 Å². The van der Waals surface area contributed by atoms with Crippen LogP contribution in [0.3, 0.4) is 0 Å². The average Bonchev–Trinajstić information content (AvgIpc) is 2.64. The zero-order valence-electron chi connectivity index (χ0n) is 28.9. The molecule has 0 unspecified atom stereocenters. The summed E-state index contributed by atoms with van der Waals surface area (Å²) in [5.41, 5.74) is -2.41. The summed E-state index contributed by atoms with van der Waals surface area (Å²) in [7, 11) is 0. The molecule has 0 aliphatic rings. The van der Waals surface area contributed by atoms with E-state index in [1.165, 1.54) is 0 Å². The van der Waals surface area contributed by atoms with Gasteiger partial charge in [-0.05, 0) is 0 Å². The zero-order chi connectivity index (χ0) is 32.6. The topological polar surface area (TPSA) is 102 Å². The fourth-order valence-corrected chi connectivity index (χ4v) is 2.03. The van der Waals surface area contributed by atoms with Crippen molar-refractivity contribution < 1.29 is 66.1 Å². The van der Waals surface area contributed by atoms with E-state index in [9.17, 15) is 28.8 Å². The third-order valence-corrected chi connectivity index (χ3v) is 5.98. The third kappa shape index (κ3) is 21.9. The molecule has 0 spiro atoms. The van der Waals surface area contributed by atoms with Crippen molar-refractivity contribution in [2.45, 2.75) is 144 Å². The molecule has 0 saturated carbocycles. The van der Waals surface area contributed by atoms with E-state index in [4.69, 9.17) is 0 Å². The van der Waals surface area contributed by atoms with Gasteiger partial charge in [0.05, 0.1) is 19.3 Å². The molecule has 6 nitrogen and oxygen atoms in total. The van der Waals surface area contributed by atoms with Gasteiger partial charge in [0.1, 0.15) is 34.7 Å². The standard InChI is InChI=1S/3C11H20O2.Er/c3*1-10(2,3)8(12)7-9(13)11(4,5)6;/h3*7H2,1-6H3;. The molecule has 0 bridgehead atoms. The Morgan fingerprint density at radius 3 is 0.400 bits per heavy atom. The first-order valence-electron chi connectivity index (χ1n) is 13.8. The van der Waals surface area contributed by atoms with Gasteiger partial charge in [-0.3, -0.25) is 28.8 Å². The van der Waals surface area contributed by atoms with Gasteiger partial charge in [-0.25, -0.2) is 0 Å². The first-order valence-corrected chi connectivity index (χ1v) is 13.8. The van der Waals surface area contributed by atoms with E-state index in [-0.39, 0.29) is 91.3 Å². The Kier molecular flexibility index (Phi) is 19.4. The van der Waals surface area contributed by atoms with Gasteiger partial charge in [0.15, 0.2) is 0 Å². The number of hydrogen-bond acceptors (Lipinski definition) is 6. The van der Waals surface area contributed by atoms with Crippen molar-refractivity contribution in [1.82, 2.24) is 0 Å². The molecule has 0 radical (unpaired) electrons. The molecule has 7 heteroatoms. The molecule has 0 N–H and O–H groups in total. The molecule has 0 aliphatic carbocycles. The largest absolute Gasteiger partial charge is 0.299 e. The van der Waals surface area contributed by atoms with Crippen LogP contribution in [0.15, 0.2) is 0 Å². The van der Waals surface area contributed by atoms with E-state index in [1.807, 2.05) is 125 Å². The van der Waals surface area contributed by atoms with Crippen molar-refractivity contribution in [1.29, 1.82) is 0 Å². The van der Waals surface area contributed by atoms with Gasteiger partial charge in [0.2, 0.25) is 0 Å². The molecule has 0 atom stereocenters. The normalized spacial score (nSPS) is 12.4. The van der Waals surface area contributed by atoms with E-state index in [1.54, 1.807) is 0 Å². The van der Waals surface area contributed by atoms with Crippen LogP contribution in [0.4, 0.5) is 0 Å². The van der Waals surface area contributed by atoms with Gasteiger partial charge in [0, 0.05) is 69.8 Å². The van der Waals surface area contributed by atoms with Gasteiger partial charge >= 0.3 is 0 Å². The second-order valence-electron chi connectivity index (χ2n) is 16.6. The molecular weight excluding hydrogens is 660 g/mol. The van der Waals surface area contributed by atoms with Gasteiger partial charge in [-0.15, -0.1) is 0 Å². The van der Waals surface area contributed by atoms with Crippen molar-refractivity contribution in [2.75, 3.05) is 0 Å². The molecule has 40 heavy (non-hydrogen) atoms. The minimum absolute atomic E-state index is 0. The fourth-order valence-electron chi connectivity index (χ4n) is 2.03. The monoisotopic (exact) mass is 718 g/mol. The van der Waals surface area contributed by atoms with Crippen LogP contribution in [0.2, 0.25) is 0 Å². The summed E-state index contributed by atoms with van der Waals surface area (Å²) in [4.78, 5) is 69.0. The zero-order valence-corrected chi connectivity index (χ0v) is 30.7. The van der Waals surface area contributed by atoms with Crippen molar-refractivity contribution in [3.63, 3.8) is 0 Å². The Hall–Kier alpha value is -0.733. The van der Waals surface area contributed by atoms with Crippen molar-refractivity contribution >= 4 is 34.7 Å². The first kappa shape index (κ1) is 46.2. The Bertz CT molecular complexity index is 693. The van der Waals surface area contributed by atoms with Gasteiger partial charge in [-0.1, -0.05) is 125 Å². The van der Waals surface area contributed by atoms with Gasteiger partial charge < -0.3 is 0 Å². The fraction of sp³-hybridized carbons (Fsp3) is 0.818. The maximum Gasteiger partial charge on any atom is 0.145 e. The maximum atomic E-state index is 11.5. The summed E-state index contributed by atoms with van der Waals surface area (Å²) in [5.74, 6) is 0.125. The second kappa shape index (κ2) is 16.8. The molecule has 0 aromatic rings. The van der Waals surface area contributed by atoms with Crippen LogP contribution in [0.1, 0.15) is 144 Å². The predicted octanol–water partition coefficient (Wildman–Crippen LogP) is 7.82. The van der Waals surface area contributed by atoms with E-state index in [0.717, 1.165) is 0 Å². The van der Waals surface area contributed by atoms with Crippen LogP contribution < -0.4 is 0 Å². The molecule has 0 fully saturated rings. The van der Waals surface area contributed by atoms with Gasteiger partial charge in [-0.2, -0.15) is 0 Å². The van der Waals surface area contributed by atoms with Crippen LogP contribution in [0.25, 0.3) is 0 Å². The molecule has 0 aliphatic heterocycles. The molecule has 0 rings (SSSR count). The molecule has 0 aromatic heterocycles. The van der Waals surface area contributed by atoms with Crippen molar-refractivity contribution in [3.8, 4) is 0 Å². The Labute approximate surface area is 275 Å². The van der Waals surface area contributed by atoms with Crippen LogP contribution in [0, 0.1) is 69.8 Å². The van der Waals surface area contributed by atoms with E-state index >= 15 is 0 Å². The summed E-state index contributed by atoms with van der Waals surface area (Å²) in [5, 5.41) is 0. The van der Waals surface area contributed by atoms with E-state index in [0.29, 0.717) is 0 Å². The first-order chi connectivity index (χ1) is 16.6. The SMILES string of the molecule is CC(C)(C)C(=O)CC(=O)C(C)(C)C.CC(C)(C)C(=O)CC(=O)C(C)(C)C.CC(C)(C)C(=O)CC(=O)C(C)(C)C.[Er]. The number of carbonyl (C=O) groups is 6. The Morgan fingerprint density at radius 1 is 0.275 bits per heavy atom. The number of rotatable bonds is 6. The molecular formula is C33H60ErO6. The summed E-state index contributed by atoms with van der Waals surface area (Å²) < 4.78 is 0. The third-order valence-electron chi connectivity index (χ3n) is 5.98. The predicted molar refractivity (Wildman–Crippen MR) is 161 cm³/mol. The summed E-state index contributed by atoms with van der Waals surface area (Å²) in [6.07, 6.45) is 0.187. The minimum Gasteiger partial charge on any atom is -0.299 e.